The summed E-state index contributed by atoms with van der Waals surface area (Å²) in [6, 6.07) is 8.12. The number of rotatable bonds is 8. The summed E-state index contributed by atoms with van der Waals surface area (Å²) in [7, 11) is 5.09. The number of carbonyl (C=O) groups excluding carboxylic acids is 2. The van der Waals surface area contributed by atoms with Crippen molar-refractivity contribution >= 4 is 51.2 Å². The molecule has 0 unspecified atom stereocenters. The number of allylic oxidation sites excluding steroid dienone is 1. The molecule has 0 aliphatic carbocycles. The van der Waals surface area contributed by atoms with Crippen molar-refractivity contribution < 1.29 is 31.9 Å². The number of hydrogen-bond donors (Lipinski definition) is 1. The molecule has 1 aliphatic heterocycles. The van der Waals surface area contributed by atoms with Crippen molar-refractivity contribution in [3.05, 3.63) is 94.6 Å². The number of carbonyl (C=O) groups is 2. The first kappa shape index (κ1) is 31.3. The number of benzene rings is 2. The molecule has 3 aromatic heterocycles. The average molecular weight is 654 g/mol. The van der Waals surface area contributed by atoms with Crippen LogP contribution < -0.4 is 10.2 Å². The summed E-state index contributed by atoms with van der Waals surface area (Å²) in [6.45, 7) is 0.597. The van der Waals surface area contributed by atoms with Gasteiger partial charge in [-0.15, -0.1) is 11.6 Å². The minimum Gasteiger partial charge on any atom is -0.377 e. The lowest BCUT2D eigenvalue weighted by Gasteiger charge is -2.28. The maximum absolute atomic E-state index is 15.0. The van der Waals surface area contributed by atoms with Gasteiger partial charge < -0.3 is 23.9 Å². The molecule has 0 radical (unpaired) electrons. The van der Waals surface area contributed by atoms with E-state index in [1.807, 2.05) is 11.9 Å². The predicted molar refractivity (Wildman–Crippen MR) is 168 cm³/mol. The maximum Gasteiger partial charge on any atom is 0.264 e. The number of likely N-dealkylation sites (N-methyl/N-ethyl adjacent to an activating group) is 1. The Morgan fingerprint density at radius 1 is 1.15 bits per heavy atom. The van der Waals surface area contributed by atoms with E-state index in [4.69, 9.17) is 21.3 Å². The molecular weight excluding hydrogens is 626 g/mol. The fourth-order valence-corrected chi connectivity index (χ4v) is 6.14. The molecule has 1 N–H and O–H groups in total. The van der Waals surface area contributed by atoms with Gasteiger partial charge in [0.1, 0.15) is 35.3 Å². The van der Waals surface area contributed by atoms with E-state index in [1.165, 1.54) is 19.3 Å². The van der Waals surface area contributed by atoms with E-state index in [0.29, 0.717) is 52.2 Å². The number of amides is 1. The number of ketones is 1. The number of nitrogens with zero attached hydrogens (tertiary/aromatic N) is 4. The lowest BCUT2D eigenvalue weighted by Crippen LogP contribution is -2.23. The number of halogens is 5. The Morgan fingerprint density at radius 2 is 1.89 bits per heavy atom. The van der Waals surface area contributed by atoms with E-state index in [-0.39, 0.29) is 34.9 Å². The Hall–Kier alpha value is -4.68. The first-order valence-electron chi connectivity index (χ1n) is 14.3. The van der Waals surface area contributed by atoms with Gasteiger partial charge in [-0.2, -0.15) is 0 Å². The molecular formula is C33H28ClF4N5O3. The molecule has 0 atom stereocenters. The van der Waals surface area contributed by atoms with Crippen LogP contribution in [0.25, 0.3) is 27.7 Å². The SMILES string of the molecule is COCc1nc2c3c(c(C(F)F)cc2n1C)-c1cccn2c(C(=O)c4cc(F)c(NC(=O)/C=C/CCl)c(F)c4)cc(c12)CCN3C. The van der Waals surface area contributed by atoms with Crippen LogP contribution in [0.4, 0.5) is 28.9 Å². The number of fused-ring (bicyclic) bond motifs is 4. The number of pyridine rings is 1. The van der Waals surface area contributed by atoms with Gasteiger partial charge in [-0.1, -0.05) is 12.1 Å². The van der Waals surface area contributed by atoms with E-state index in [1.54, 1.807) is 40.4 Å². The smallest absolute Gasteiger partial charge is 0.264 e. The van der Waals surface area contributed by atoms with Crippen LogP contribution in [0.1, 0.15) is 39.4 Å². The standard InChI is InChI=1S/C33H28ClF4N5O3/c1-41-11-8-17-14-24(32(45)18-12-21(35)28(22(36)13-18)40-26(44)7-4-9-34)43-10-5-6-19(30(17)43)27-20(33(37)38)15-23-29(31(27)41)39-25(16-46-3)42(23)2/h4-7,10,12-15,33H,8-9,11,16H2,1-3H3,(H,40,44)/b7-4+. The minimum absolute atomic E-state index is 0.0366. The van der Waals surface area contributed by atoms with Gasteiger partial charge in [0.2, 0.25) is 11.7 Å². The van der Waals surface area contributed by atoms with E-state index < -0.39 is 35.4 Å². The molecule has 0 saturated carbocycles. The third-order valence-corrected chi connectivity index (χ3v) is 8.34. The highest BCUT2D eigenvalue weighted by atomic mass is 35.5. The van der Waals surface area contributed by atoms with Crippen LogP contribution >= 0.6 is 11.6 Å². The zero-order valence-corrected chi connectivity index (χ0v) is 25.8. The third-order valence-electron chi connectivity index (χ3n) is 8.16. The fourth-order valence-electron chi connectivity index (χ4n) is 6.05. The van der Waals surface area contributed by atoms with Crippen LogP contribution in [0.2, 0.25) is 0 Å². The number of ether oxygens (including phenoxy) is 1. The second kappa shape index (κ2) is 12.3. The molecule has 0 spiro atoms. The summed E-state index contributed by atoms with van der Waals surface area (Å²) in [5, 5.41) is 2.11. The zero-order chi connectivity index (χ0) is 32.9. The molecule has 8 nitrogen and oxygen atoms in total. The van der Waals surface area contributed by atoms with Gasteiger partial charge in [0.25, 0.3) is 6.43 Å². The molecule has 1 aliphatic rings. The lowest BCUT2D eigenvalue weighted by atomic mass is 9.92. The van der Waals surface area contributed by atoms with Gasteiger partial charge in [0, 0.05) is 68.2 Å². The van der Waals surface area contributed by atoms with Crippen molar-refractivity contribution in [2.24, 2.45) is 7.05 Å². The number of alkyl halides is 3. The average Bonchev–Trinajstić information content (AvgIpc) is 3.55. The van der Waals surface area contributed by atoms with Gasteiger partial charge in [-0.3, -0.25) is 9.59 Å². The normalized spacial score (nSPS) is 13.1. The highest BCUT2D eigenvalue weighted by Gasteiger charge is 2.31. The lowest BCUT2D eigenvalue weighted by molar-refractivity contribution is -0.112. The van der Waals surface area contributed by atoms with Crippen LogP contribution in [-0.2, 0) is 29.6 Å². The Morgan fingerprint density at radius 3 is 2.57 bits per heavy atom. The quantitative estimate of drug-likeness (QED) is 0.0861. The van der Waals surface area contributed by atoms with Crippen LogP contribution in [0.3, 0.4) is 0 Å². The molecule has 238 valence electrons. The van der Waals surface area contributed by atoms with Crippen molar-refractivity contribution in [3.8, 4) is 11.1 Å². The topological polar surface area (TPSA) is 80.9 Å². The van der Waals surface area contributed by atoms with Crippen molar-refractivity contribution in [2.45, 2.75) is 19.5 Å². The van der Waals surface area contributed by atoms with Gasteiger partial charge in [-0.05, 0) is 42.3 Å². The number of nitrogens with one attached hydrogen (secondary N) is 1. The van der Waals surface area contributed by atoms with E-state index in [0.717, 1.165) is 18.2 Å². The number of anilines is 2. The predicted octanol–water partition coefficient (Wildman–Crippen LogP) is 6.81. The monoisotopic (exact) mass is 653 g/mol. The van der Waals surface area contributed by atoms with Crippen molar-refractivity contribution in [3.63, 3.8) is 0 Å². The van der Waals surface area contributed by atoms with Gasteiger partial charge in [-0.25, -0.2) is 22.5 Å². The zero-order valence-electron chi connectivity index (χ0n) is 25.0. The van der Waals surface area contributed by atoms with Gasteiger partial charge in [0.15, 0.2) is 0 Å². The highest BCUT2D eigenvalue weighted by molar-refractivity contribution is 6.19. The number of imidazole rings is 1. The van der Waals surface area contributed by atoms with Crippen LogP contribution in [-0.4, -0.2) is 52.2 Å². The number of hydrogen-bond acceptors (Lipinski definition) is 5. The number of methoxy groups -OCH3 is 1. The first-order chi connectivity index (χ1) is 22.0. The summed E-state index contributed by atoms with van der Waals surface area (Å²) in [4.78, 5) is 32.4. The fraction of sp³-hybridized carbons (Fsp3) is 0.242. The Labute approximate surface area is 265 Å². The second-order valence-electron chi connectivity index (χ2n) is 10.9. The molecule has 0 fully saturated rings. The highest BCUT2D eigenvalue weighted by Crippen LogP contribution is 2.46. The molecule has 13 heteroatoms. The molecule has 6 rings (SSSR count). The molecule has 2 aromatic carbocycles. The number of aromatic nitrogens is 3. The number of aryl methyl sites for hydroxylation is 1. The van der Waals surface area contributed by atoms with Crippen molar-refractivity contribution in [1.82, 2.24) is 14.0 Å². The second-order valence-corrected chi connectivity index (χ2v) is 11.2. The molecule has 46 heavy (non-hydrogen) atoms. The van der Waals surface area contributed by atoms with E-state index in [2.05, 4.69) is 5.32 Å². The van der Waals surface area contributed by atoms with Gasteiger partial charge in [0.05, 0.1) is 22.4 Å². The molecule has 0 bridgehead atoms. The molecule has 1 amide bonds. The van der Waals surface area contributed by atoms with Crippen LogP contribution in [0.15, 0.2) is 54.7 Å². The summed E-state index contributed by atoms with van der Waals surface area (Å²) in [5.41, 5.74) is 2.50. The maximum atomic E-state index is 15.0. The summed E-state index contributed by atoms with van der Waals surface area (Å²) in [5.74, 6) is -3.14. The van der Waals surface area contributed by atoms with E-state index in [9.17, 15) is 18.4 Å². The van der Waals surface area contributed by atoms with Crippen LogP contribution in [0, 0.1) is 11.6 Å². The molecule has 4 heterocycles. The molecule has 0 saturated heterocycles. The summed E-state index contributed by atoms with van der Waals surface area (Å²) in [6.07, 6.45) is 1.56. The Kier molecular flexibility index (Phi) is 8.34. The minimum atomic E-state index is -2.83. The molecule has 5 aromatic rings. The van der Waals surface area contributed by atoms with E-state index >= 15 is 8.78 Å². The third kappa shape index (κ3) is 5.21. The van der Waals surface area contributed by atoms with Crippen molar-refractivity contribution in [1.29, 1.82) is 0 Å². The summed E-state index contributed by atoms with van der Waals surface area (Å²) >= 11 is 5.51. The summed E-state index contributed by atoms with van der Waals surface area (Å²) < 4.78 is 68.3. The van der Waals surface area contributed by atoms with Crippen molar-refractivity contribution in [2.75, 3.05) is 36.8 Å². The van der Waals surface area contributed by atoms with Gasteiger partial charge >= 0.3 is 0 Å². The van der Waals surface area contributed by atoms with Crippen LogP contribution in [0.5, 0.6) is 0 Å². The first-order valence-corrected chi connectivity index (χ1v) is 14.8. The largest absolute Gasteiger partial charge is 0.377 e. The Bertz CT molecular complexity index is 2050. The Balaban J connectivity index is 1.53.